The Balaban J connectivity index is 5.34. The van der Waals surface area contributed by atoms with Crippen LogP contribution < -0.4 is 0 Å². The lowest BCUT2D eigenvalue weighted by atomic mass is 10.0. The van der Waals surface area contributed by atoms with E-state index in [1.165, 1.54) is 167 Å². The maximum Gasteiger partial charge on any atom is 0.472 e. The summed E-state index contributed by atoms with van der Waals surface area (Å²) in [6.07, 6.45) is 72.2. The van der Waals surface area contributed by atoms with Crippen LogP contribution in [0.5, 0.6) is 0 Å². The first kappa shape index (κ1) is 97.0. The van der Waals surface area contributed by atoms with E-state index in [4.69, 9.17) is 37.0 Å². The topological polar surface area (TPSA) is 237 Å². The van der Waals surface area contributed by atoms with Gasteiger partial charge in [-0.15, -0.1) is 0 Å². The molecule has 586 valence electrons. The number of esters is 4. The van der Waals surface area contributed by atoms with Crippen molar-refractivity contribution >= 4 is 39.5 Å². The minimum Gasteiger partial charge on any atom is -0.462 e. The van der Waals surface area contributed by atoms with E-state index in [9.17, 15) is 43.2 Å². The molecule has 2 unspecified atom stereocenters. The predicted molar refractivity (Wildman–Crippen MR) is 409 cm³/mol. The Kier molecular flexibility index (Phi) is 72.1. The highest BCUT2D eigenvalue weighted by Crippen LogP contribution is 2.45. The van der Waals surface area contributed by atoms with Crippen LogP contribution >= 0.6 is 15.6 Å². The van der Waals surface area contributed by atoms with Crippen LogP contribution in [0.15, 0.2) is 48.6 Å². The summed E-state index contributed by atoms with van der Waals surface area (Å²) in [4.78, 5) is 73.0. The Morgan fingerprint density at radius 2 is 0.490 bits per heavy atom. The first-order valence-corrected chi connectivity index (χ1v) is 43.9. The Labute approximate surface area is 610 Å². The normalized spacial score (nSPS) is 14.1. The molecule has 0 aromatic rings. The number of rotatable bonds is 78. The van der Waals surface area contributed by atoms with Gasteiger partial charge in [-0.3, -0.25) is 37.3 Å². The third kappa shape index (κ3) is 73.3. The fourth-order valence-electron chi connectivity index (χ4n) is 11.5. The highest BCUT2D eigenvalue weighted by atomic mass is 31.2. The van der Waals surface area contributed by atoms with Gasteiger partial charge < -0.3 is 33.8 Å². The van der Waals surface area contributed by atoms with E-state index in [0.717, 1.165) is 141 Å². The Hall–Kier alpha value is -2.98. The molecule has 19 heteroatoms. The van der Waals surface area contributed by atoms with Gasteiger partial charge in [0.2, 0.25) is 0 Å². The summed E-state index contributed by atoms with van der Waals surface area (Å²) in [5.41, 5.74) is 0. The van der Waals surface area contributed by atoms with Crippen molar-refractivity contribution in [2.75, 3.05) is 39.6 Å². The summed E-state index contributed by atoms with van der Waals surface area (Å²) < 4.78 is 68.6. The number of aliphatic hydroxyl groups excluding tert-OH is 1. The number of carbonyl (C=O) groups excluding carboxylic acids is 4. The number of unbranched alkanes of at least 4 members (excludes halogenated alkanes) is 44. The molecule has 0 spiro atoms. The van der Waals surface area contributed by atoms with Crippen LogP contribution in [-0.4, -0.2) is 96.7 Å². The van der Waals surface area contributed by atoms with E-state index in [0.29, 0.717) is 25.7 Å². The van der Waals surface area contributed by atoms with Crippen molar-refractivity contribution in [1.29, 1.82) is 0 Å². The minimum atomic E-state index is -4.97. The molecular formula is C81H150O17P2. The molecule has 0 fully saturated rings. The smallest absolute Gasteiger partial charge is 0.462 e. The summed E-state index contributed by atoms with van der Waals surface area (Å²) in [5.74, 6) is -2.17. The number of allylic oxidation sites excluding steroid dienone is 8. The van der Waals surface area contributed by atoms with Crippen LogP contribution in [0, 0.1) is 0 Å². The average Bonchev–Trinajstić information content (AvgIpc) is 1.01. The molecule has 17 nitrogen and oxygen atoms in total. The molecule has 0 saturated heterocycles. The molecule has 3 N–H and O–H groups in total. The second-order valence-corrected chi connectivity index (χ2v) is 30.6. The molecule has 0 amide bonds. The van der Waals surface area contributed by atoms with Gasteiger partial charge in [-0.25, -0.2) is 9.13 Å². The van der Waals surface area contributed by atoms with Gasteiger partial charge in [-0.05, 0) is 109 Å². The first-order chi connectivity index (χ1) is 48.7. The van der Waals surface area contributed by atoms with Crippen molar-refractivity contribution in [2.45, 2.75) is 406 Å². The highest BCUT2D eigenvalue weighted by Gasteiger charge is 2.30. The molecule has 0 aliphatic rings. The Morgan fingerprint density at radius 1 is 0.280 bits per heavy atom. The molecule has 0 heterocycles. The number of phosphoric acid groups is 2. The Bertz CT molecular complexity index is 2080. The molecular weight excluding hydrogens is 1310 g/mol. The largest absolute Gasteiger partial charge is 0.472 e. The molecule has 0 aromatic heterocycles. The van der Waals surface area contributed by atoms with E-state index >= 15 is 0 Å². The van der Waals surface area contributed by atoms with Crippen LogP contribution in [0.4, 0.5) is 0 Å². The molecule has 0 bridgehead atoms. The molecule has 0 aliphatic heterocycles. The van der Waals surface area contributed by atoms with Gasteiger partial charge in [0.25, 0.3) is 0 Å². The van der Waals surface area contributed by atoms with Crippen LogP contribution in [0.1, 0.15) is 387 Å². The number of carbonyl (C=O) groups is 4. The highest BCUT2D eigenvalue weighted by molar-refractivity contribution is 7.47. The quantitative estimate of drug-likeness (QED) is 0.0169. The van der Waals surface area contributed by atoms with E-state index in [-0.39, 0.29) is 25.7 Å². The number of hydrogen-bond acceptors (Lipinski definition) is 15. The molecule has 100 heavy (non-hydrogen) atoms. The van der Waals surface area contributed by atoms with E-state index in [2.05, 4.69) is 76.3 Å². The number of ether oxygens (including phenoxy) is 4. The maximum atomic E-state index is 13.1. The molecule has 0 aliphatic carbocycles. The lowest BCUT2D eigenvalue weighted by Crippen LogP contribution is -2.30. The van der Waals surface area contributed by atoms with Gasteiger partial charge in [-0.1, -0.05) is 301 Å². The number of aliphatic hydroxyl groups is 1. The standard InChI is InChI=1S/C81H150O17P2/c1-5-9-13-17-21-25-29-33-37-41-45-49-53-57-61-65-78(83)91-71-76(97-80(85)67-63-59-55-51-47-43-39-35-31-27-23-19-15-11-7-3)73-95-99(87,88)93-69-75(82)70-94-100(89,90)96-74-77(98-81(86)68-64-60-56-52-48-44-40-36-32-28-24-20-16-12-8-4)72-92-79(84)66-62-58-54-50-46-42-38-34-30-26-22-18-14-10-6-2/h21,25,33,35-37,39-40,75-77,82H,5-20,22-24,26-32,34,38,41-74H2,1-4H3,(H,87,88)(H,89,90)/b25-21-,37-33-,39-35-,40-36-/t75-,76-,77-/m1/s1. The number of phosphoric ester groups is 2. The van der Waals surface area contributed by atoms with Gasteiger partial charge in [0.15, 0.2) is 12.2 Å². The van der Waals surface area contributed by atoms with Gasteiger partial charge in [0.1, 0.15) is 19.3 Å². The lowest BCUT2D eigenvalue weighted by Gasteiger charge is -2.21. The summed E-state index contributed by atoms with van der Waals surface area (Å²) >= 11 is 0. The zero-order valence-electron chi connectivity index (χ0n) is 64.1. The first-order valence-electron chi connectivity index (χ1n) is 40.9. The predicted octanol–water partition coefficient (Wildman–Crippen LogP) is 23.7. The van der Waals surface area contributed by atoms with Gasteiger partial charge >= 0.3 is 39.5 Å². The van der Waals surface area contributed by atoms with Crippen LogP contribution in [0.3, 0.4) is 0 Å². The van der Waals surface area contributed by atoms with E-state index < -0.39 is 97.5 Å². The lowest BCUT2D eigenvalue weighted by molar-refractivity contribution is -0.161. The molecule has 5 atom stereocenters. The molecule has 0 saturated carbocycles. The second kappa shape index (κ2) is 74.3. The summed E-state index contributed by atoms with van der Waals surface area (Å²) in [6.45, 7) is 4.90. The van der Waals surface area contributed by atoms with Crippen LogP contribution in [0.2, 0.25) is 0 Å². The van der Waals surface area contributed by atoms with Crippen molar-refractivity contribution in [3.63, 3.8) is 0 Å². The minimum absolute atomic E-state index is 0.0868. The van der Waals surface area contributed by atoms with Crippen molar-refractivity contribution in [3.05, 3.63) is 48.6 Å². The third-order valence-electron chi connectivity index (χ3n) is 17.8. The van der Waals surface area contributed by atoms with E-state index in [1.54, 1.807) is 0 Å². The van der Waals surface area contributed by atoms with Crippen molar-refractivity contribution in [3.8, 4) is 0 Å². The zero-order valence-corrected chi connectivity index (χ0v) is 65.9. The third-order valence-corrected chi connectivity index (χ3v) is 19.7. The molecule has 0 rings (SSSR count). The van der Waals surface area contributed by atoms with Crippen molar-refractivity contribution in [1.82, 2.24) is 0 Å². The second-order valence-electron chi connectivity index (χ2n) is 27.7. The fourth-order valence-corrected chi connectivity index (χ4v) is 13.1. The van der Waals surface area contributed by atoms with Crippen LogP contribution in [-0.2, 0) is 65.4 Å². The zero-order chi connectivity index (χ0) is 73.2. The van der Waals surface area contributed by atoms with Crippen molar-refractivity contribution < 1.29 is 80.2 Å². The average molecular weight is 1460 g/mol. The Morgan fingerprint density at radius 3 is 0.770 bits per heavy atom. The SMILES string of the molecule is CCCCC/C=C\C/C=C\CCCCCCCC(=O)OC[C@H](COP(=O)(O)OC[C@@H](O)COP(=O)(O)OC[C@@H](COC(=O)CCCCCCCCCCCCCCCCC)OC(=O)CCCCCCC/C=C\CCCCCCCC)OC(=O)CCCCCCC/C=C\CCCCCCCC. The summed E-state index contributed by atoms with van der Waals surface area (Å²) in [6, 6.07) is 0. The van der Waals surface area contributed by atoms with Crippen LogP contribution in [0.25, 0.3) is 0 Å². The van der Waals surface area contributed by atoms with E-state index in [1.807, 2.05) is 0 Å². The van der Waals surface area contributed by atoms with Gasteiger partial charge in [0.05, 0.1) is 26.4 Å². The maximum absolute atomic E-state index is 13.1. The van der Waals surface area contributed by atoms with Gasteiger partial charge in [-0.2, -0.15) is 0 Å². The number of hydrogen-bond donors (Lipinski definition) is 3. The fraction of sp³-hybridized carbons (Fsp3) is 0.852. The monoisotopic (exact) mass is 1460 g/mol. The van der Waals surface area contributed by atoms with Crippen molar-refractivity contribution in [2.24, 2.45) is 0 Å². The summed E-state index contributed by atoms with van der Waals surface area (Å²) in [7, 11) is -9.94. The summed E-state index contributed by atoms with van der Waals surface area (Å²) in [5, 5.41) is 10.6. The molecule has 0 aromatic carbocycles. The van der Waals surface area contributed by atoms with Gasteiger partial charge in [0, 0.05) is 25.7 Å². The molecule has 0 radical (unpaired) electrons.